The standard InChI is InChI=1S/C9H14N2S/c1-7(2)6-11-8(3)9-10-4-5-12-9/h4-5,8,11H,1,6H2,2-3H3/t8-/m0/s1. The van der Waals surface area contributed by atoms with Crippen molar-refractivity contribution in [3.05, 3.63) is 28.7 Å². The third-order valence-electron chi connectivity index (χ3n) is 1.53. The second kappa shape index (κ2) is 4.38. The van der Waals surface area contributed by atoms with Gasteiger partial charge in [-0.05, 0) is 13.8 Å². The summed E-state index contributed by atoms with van der Waals surface area (Å²) in [6.07, 6.45) is 1.83. The van der Waals surface area contributed by atoms with Crippen molar-refractivity contribution >= 4 is 11.3 Å². The smallest absolute Gasteiger partial charge is 0.109 e. The summed E-state index contributed by atoms with van der Waals surface area (Å²) in [5.41, 5.74) is 1.15. The van der Waals surface area contributed by atoms with Gasteiger partial charge in [-0.2, -0.15) is 0 Å². The SMILES string of the molecule is C=C(C)CN[C@@H](C)c1nccs1. The lowest BCUT2D eigenvalue weighted by molar-refractivity contribution is 0.604. The quantitative estimate of drug-likeness (QED) is 0.723. The second-order valence-electron chi connectivity index (χ2n) is 2.93. The first-order valence-corrected chi connectivity index (χ1v) is 4.85. The van der Waals surface area contributed by atoms with Crippen LogP contribution in [-0.4, -0.2) is 11.5 Å². The largest absolute Gasteiger partial charge is 0.304 e. The highest BCUT2D eigenvalue weighted by Gasteiger charge is 2.05. The van der Waals surface area contributed by atoms with Gasteiger partial charge in [0, 0.05) is 18.1 Å². The summed E-state index contributed by atoms with van der Waals surface area (Å²) < 4.78 is 0. The molecule has 0 radical (unpaired) electrons. The van der Waals surface area contributed by atoms with Crippen molar-refractivity contribution in [2.24, 2.45) is 0 Å². The molecule has 0 spiro atoms. The fourth-order valence-electron chi connectivity index (χ4n) is 0.863. The van der Waals surface area contributed by atoms with Gasteiger partial charge >= 0.3 is 0 Å². The van der Waals surface area contributed by atoms with Gasteiger partial charge in [0.15, 0.2) is 0 Å². The highest BCUT2D eigenvalue weighted by Crippen LogP contribution is 2.14. The van der Waals surface area contributed by atoms with E-state index in [2.05, 4.69) is 23.8 Å². The molecule has 0 aromatic carbocycles. The molecule has 0 unspecified atom stereocenters. The average molecular weight is 182 g/mol. The number of nitrogens with zero attached hydrogens (tertiary/aromatic N) is 1. The maximum Gasteiger partial charge on any atom is 0.109 e. The molecule has 1 rings (SSSR count). The first kappa shape index (κ1) is 9.42. The monoisotopic (exact) mass is 182 g/mol. The van der Waals surface area contributed by atoms with Crippen LogP contribution in [0.2, 0.25) is 0 Å². The summed E-state index contributed by atoms with van der Waals surface area (Å²) in [5, 5.41) is 6.46. The number of aromatic nitrogens is 1. The summed E-state index contributed by atoms with van der Waals surface area (Å²) in [4.78, 5) is 4.22. The summed E-state index contributed by atoms with van der Waals surface area (Å²) in [7, 11) is 0. The van der Waals surface area contributed by atoms with Crippen LogP contribution in [0.1, 0.15) is 24.9 Å². The molecule has 1 N–H and O–H groups in total. The van der Waals surface area contributed by atoms with Crippen LogP contribution in [0.25, 0.3) is 0 Å². The van der Waals surface area contributed by atoms with Crippen LogP contribution in [0.15, 0.2) is 23.7 Å². The minimum Gasteiger partial charge on any atom is -0.304 e. The van der Waals surface area contributed by atoms with E-state index in [9.17, 15) is 0 Å². The Labute approximate surface area is 77.3 Å². The van der Waals surface area contributed by atoms with E-state index in [0.29, 0.717) is 6.04 Å². The van der Waals surface area contributed by atoms with Crippen molar-refractivity contribution < 1.29 is 0 Å². The Morgan fingerprint density at radius 3 is 3.08 bits per heavy atom. The Morgan fingerprint density at radius 2 is 2.58 bits per heavy atom. The molecule has 0 aliphatic carbocycles. The lowest BCUT2D eigenvalue weighted by atomic mass is 10.3. The van der Waals surface area contributed by atoms with E-state index in [0.717, 1.165) is 17.1 Å². The molecule has 1 aromatic heterocycles. The van der Waals surface area contributed by atoms with Crippen LogP contribution >= 0.6 is 11.3 Å². The van der Waals surface area contributed by atoms with E-state index < -0.39 is 0 Å². The first-order chi connectivity index (χ1) is 5.70. The van der Waals surface area contributed by atoms with Crippen LogP contribution in [0.3, 0.4) is 0 Å². The molecular weight excluding hydrogens is 168 g/mol. The fraction of sp³-hybridized carbons (Fsp3) is 0.444. The summed E-state index contributed by atoms with van der Waals surface area (Å²) in [6.45, 7) is 8.82. The van der Waals surface area contributed by atoms with E-state index in [1.165, 1.54) is 0 Å². The second-order valence-corrected chi connectivity index (χ2v) is 3.86. The number of rotatable bonds is 4. The summed E-state index contributed by atoms with van der Waals surface area (Å²) >= 11 is 1.68. The Hall–Kier alpha value is -0.670. The molecule has 0 fully saturated rings. The van der Waals surface area contributed by atoms with Gasteiger partial charge in [0.1, 0.15) is 5.01 Å². The Kier molecular flexibility index (Phi) is 3.44. The number of thiazole rings is 1. The zero-order chi connectivity index (χ0) is 8.97. The maximum absolute atomic E-state index is 4.22. The molecule has 0 amide bonds. The van der Waals surface area contributed by atoms with E-state index >= 15 is 0 Å². The third kappa shape index (κ3) is 2.75. The van der Waals surface area contributed by atoms with E-state index in [1.807, 2.05) is 18.5 Å². The van der Waals surface area contributed by atoms with Gasteiger partial charge in [-0.25, -0.2) is 4.98 Å². The maximum atomic E-state index is 4.22. The Bertz CT molecular complexity index is 241. The molecule has 0 saturated heterocycles. The van der Waals surface area contributed by atoms with Crippen LogP contribution in [0, 0.1) is 0 Å². The van der Waals surface area contributed by atoms with Gasteiger partial charge in [-0.1, -0.05) is 12.2 Å². The van der Waals surface area contributed by atoms with Crippen LogP contribution in [0.5, 0.6) is 0 Å². The molecule has 12 heavy (non-hydrogen) atoms. The van der Waals surface area contributed by atoms with Gasteiger partial charge in [-0.15, -0.1) is 11.3 Å². The number of hydrogen-bond donors (Lipinski definition) is 1. The van der Waals surface area contributed by atoms with Gasteiger partial charge in [0.05, 0.1) is 6.04 Å². The van der Waals surface area contributed by atoms with Gasteiger partial charge in [0.2, 0.25) is 0 Å². The fourth-order valence-corrected chi connectivity index (χ4v) is 1.53. The molecule has 2 nitrogen and oxygen atoms in total. The first-order valence-electron chi connectivity index (χ1n) is 3.97. The minimum absolute atomic E-state index is 0.335. The molecule has 0 aliphatic heterocycles. The van der Waals surface area contributed by atoms with Crippen molar-refractivity contribution in [2.75, 3.05) is 6.54 Å². The van der Waals surface area contributed by atoms with Crippen molar-refractivity contribution in [1.29, 1.82) is 0 Å². The molecule has 3 heteroatoms. The minimum atomic E-state index is 0.335. The number of nitrogens with one attached hydrogen (secondary N) is 1. The lowest BCUT2D eigenvalue weighted by Gasteiger charge is -2.10. The molecule has 66 valence electrons. The van der Waals surface area contributed by atoms with Crippen molar-refractivity contribution in [3.8, 4) is 0 Å². The van der Waals surface area contributed by atoms with E-state index in [-0.39, 0.29) is 0 Å². The van der Waals surface area contributed by atoms with Crippen molar-refractivity contribution in [3.63, 3.8) is 0 Å². The van der Waals surface area contributed by atoms with Crippen LogP contribution < -0.4 is 5.32 Å². The van der Waals surface area contributed by atoms with Crippen molar-refractivity contribution in [2.45, 2.75) is 19.9 Å². The third-order valence-corrected chi connectivity index (χ3v) is 2.49. The molecule has 0 bridgehead atoms. The molecule has 1 heterocycles. The molecule has 0 aliphatic rings. The van der Waals surface area contributed by atoms with E-state index in [4.69, 9.17) is 0 Å². The number of hydrogen-bond acceptors (Lipinski definition) is 3. The predicted molar refractivity (Wildman–Crippen MR) is 53.3 cm³/mol. The summed E-state index contributed by atoms with van der Waals surface area (Å²) in [5.74, 6) is 0. The lowest BCUT2D eigenvalue weighted by Crippen LogP contribution is -2.19. The summed E-state index contributed by atoms with van der Waals surface area (Å²) in [6, 6.07) is 0.335. The van der Waals surface area contributed by atoms with Gasteiger partial charge in [0.25, 0.3) is 0 Å². The highest BCUT2D eigenvalue weighted by molar-refractivity contribution is 7.09. The molecular formula is C9H14N2S. The zero-order valence-corrected chi connectivity index (χ0v) is 8.32. The highest BCUT2D eigenvalue weighted by atomic mass is 32.1. The predicted octanol–water partition coefficient (Wildman–Crippen LogP) is 2.37. The molecule has 1 aromatic rings. The molecule has 1 atom stereocenters. The zero-order valence-electron chi connectivity index (χ0n) is 7.50. The normalized spacial score (nSPS) is 12.8. The average Bonchev–Trinajstić information content (AvgIpc) is 2.51. The van der Waals surface area contributed by atoms with Gasteiger partial charge in [-0.3, -0.25) is 0 Å². The Morgan fingerprint density at radius 1 is 1.83 bits per heavy atom. The van der Waals surface area contributed by atoms with Gasteiger partial charge < -0.3 is 5.32 Å². The van der Waals surface area contributed by atoms with Crippen molar-refractivity contribution in [1.82, 2.24) is 10.3 Å². The van der Waals surface area contributed by atoms with Crippen LogP contribution in [-0.2, 0) is 0 Å². The van der Waals surface area contributed by atoms with E-state index in [1.54, 1.807) is 11.3 Å². The Balaban J connectivity index is 2.39. The topological polar surface area (TPSA) is 24.9 Å². The molecule has 0 saturated carbocycles. The van der Waals surface area contributed by atoms with Crippen LogP contribution in [0.4, 0.5) is 0 Å².